The lowest BCUT2D eigenvalue weighted by atomic mass is 9.83. The zero-order valence-corrected chi connectivity index (χ0v) is 21.9. The number of imidazole rings is 1. The van der Waals surface area contributed by atoms with Gasteiger partial charge in [-0.25, -0.2) is 9.97 Å². The number of pyridine rings is 1. The molecule has 1 atom stereocenters. The van der Waals surface area contributed by atoms with Gasteiger partial charge < -0.3 is 9.88 Å². The van der Waals surface area contributed by atoms with E-state index in [0.717, 1.165) is 57.6 Å². The molecular formula is C31H33ClN4. The maximum absolute atomic E-state index is 6.09. The van der Waals surface area contributed by atoms with E-state index in [1.165, 1.54) is 37.7 Å². The minimum atomic E-state index is 0.479. The van der Waals surface area contributed by atoms with Gasteiger partial charge >= 0.3 is 0 Å². The maximum Gasteiger partial charge on any atom is 0.203 e. The van der Waals surface area contributed by atoms with Crippen molar-refractivity contribution in [1.82, 2.24) is 14.5 Å². The Labute approximate surface area is 219 Å². The molecule has 1 aromatic carbocycles. The van der Waals surface area contributed by atoms with Crippen LogP contribution in [0.5, 0.6) is 0 Å². The van der Waals surface area contributed by atoms with Crippen molar-refractivity contribution in [3.63, 3.8) is 0 Å². The summed E-state index contributed by atoms with van der Waals surface area (Å²) in [6.07, 6.45) is 18.5. The lowest BCUT2D eigenvalue weighted by Crippen LogP contribution is -2.31. The fraction of sp³-hybridized carbons (Fsp3) is 0.355. The molecule has 1 fully saturated rings. The summed E-state index contributed by atoms with van der Waals surface area (Å²) >= 11 is 6.09. The number of hydrogen-bond acceptors (Lipinski definition) is 3. The second-order valence-electron chi connectivity index (χ2n) is 9.79. The molecule has 2 aliphatic rings. The number of hydrogen-bond donors (Lipinski definition) is 1. The topological polar surface area (TPSA) is 42.7 Å². The first-order chi connectivity index (χ1) is 17.6. The van der Waals surface area contributed by atoms with Gasteiger partial charge in [-0.15, -0.1) is 0 Å². The average Bonchev–Trinajstić information content (AvgIpc) is 3.06. The van der Waals surface area contributed by atoms with Crippen molar-refractivity contribution in [2.45, 2.75) is 57.9 Å². The lowest BCUT2D eigenvalue weighted by Gasteiger charge is -2.30. The molecule has 4 nitrogen and oxygen atoms in total. The Kier molecular flexibility index (Phi) is 7.58. The zero-order valence-electron chi connectivity index (χ0n) is 21.1. The molecular weight excluding hydrogens is 464 g/mol. The summed E-state index contributed by atoms with van der Waals surface area (Å²) in [5, 5.41) is 4.50. The highest BCUT2D eigenvalue weighted by Crippen LogP contribution is 2.30. The van der Waals surface area contributed by atoms with Crippen LogP contribution in [0.4, 0.5) is 5.95 Å². The third kappa shape index (κ3) is 5.58. The first-order valence-electron chi connectivity index (χ1n) is 13.0. The highest BCUT2D eigenvalue weighted by atomic mass is 35.5. The van der Waals surface area contributed by atoms with Gasteiger partial charge in [0.15, 0.2) is 0 Å². The zero-order chi connectivity index (χ0) is 24.9. The van der Waals surface area contributed by atoms with Crippen molar-refractivity contribution in [2.24, 2.45) is 13.0 Å². The predicted octanol–water partition coefficient (Wildman–Crippen LogP) is 7.60. The molecule has 36 heavy (non-hydrogen) atoms. The van der Waals surface area contributed by atoms with E-state index in [-0.39, 0.29) is 0 Å². The Bertz CT molecular complexity index is 1380. The van der Waals surface area contributed by atoms with Gasteiger partial charge in [0, 0.05) is 29.9 Å². The quantitative estimate of drug-likeness (QED) is 0.370. The van der Waals surface area contributed by atoms with Gasteiger partial charge in [-0.3, -0.25) is 0 Å². The monoisotopic (exact) mass is 496 g/mol. The van der Waals surface area contributed by atoms with Crippen LogP contribution in [0, 0.1) is 17.8 Å². The van der Waals surface area contributed by atoms with Crippen LogP contribution in [0.15, 0.2) is 65.9 Å². The van der Waals surface area contributed by atoms with Crippen molar-refractivity contribution in [3.8, 4) is 11.8 Å². The smallest absolute Gasteiger partial charge is 0.203 e. The van der Waals surface area contributed by atoms with E-state index in [1.807, 2.05) is 30.5 Å². The Hall–Kier alpha value is -3.29. The molecule has 0 bridgehead atoms. The highest BCUT2D eigenvalue weighted by Gasteiger charge is 2.23. The van der Waals surface area contributed by atoms with E-state index in [2.05, 4.69) is 71.0 Å². The molecule has 2 heterocycles. The number of rotatable bonds is 5. The fourth-order valence-corrected chi connectivity index (χ4v) is 5.42. The molecule has 184 valence electrons. The minimum absolute atomic E-state index is 0.479. The standard InChI is InChI=1S/C31H33ClN4/c1-3-28(24-8-5-4-6-9-24)34-31-35-29-20-22(13-19-30(29)36(31)2)12-17-27-18-15-25(21-33-27)23-10-7-11-26(32)16-14-23/h7,11,13-16,18-21,24,28H,3-6,8-10H2,1-2H3,(H,34,35). The van der Waals surface area contributed by atoms with E-state index in [4.69, 9.17) is 16.6 Å². The van der Waals surface area contributed by atoms with Crippen molar-refractivity contribution >= 4 is 34.2 Å². The number of fused-ring (bicyclic) bond motifs is 1. The van der Waals surface area contributed by atoms with Crippen LogP contribution in [0.3, 0.4) is 0 Å². The summed E-state index contributed by atoms with van der Waals surface area (Å²) in [5.74, 6) is 8.16. The molecule has 0 spiro atoms. The summed E-state index contributed by atoms with van der Waals surface area (Å²) in [5.41, 5.74) is 6.04. The molecule has 2 aromatic heterocycles. The van der Waals surface area contributed by atoms with Gasteiger partial charge in [-0.05, 0) is 85.1 Å². The normalized spacial score (nSPS) is 17.1. The molecule has 0 radical (unpaired) electrons. The molecule has 0 amide bonds. The summed E-state index contributed by atoms with van der Waals surface area (Å²) in [6.45, 7) is 2.28. The predicted molar refractivity (Wildman–Crippen MR) is 151 cm³/mol. The molecule has 5 rings (SSSR count). The van der Waals surface area contributed by atoms with E-state index >= 15 is 0 Å². The molecule has 5 heteroatoms. The second-order valence-corrected chi connectivity index (χ2v) is 10.2. The molecule has 1 N–H and O–H groups in total. The van der Waals surface area contributed by atoms with Crippen LogP contribution in [0.1, 0.15) is 68.7 Å². The molecule has 0 aliphatic heterocycles. The Morgan fingerprint density at radius 1 is 1.11 bits per heavy atom. The van der Waals surface area contributed by atoms with E-state index in [9.17, 15) is 0 Å². The van der Waals surface area contributed by atoms with Crippen molar-refractivity contribution < 1.29 is 0 Å². The Balaban J connectivity index is 1.31. The molecule has 3 aromatic rings. The van der Waals surface area contributed by atoms with E-state index in [1.54, 1.807) is 0 Å². The molecule has 1 saturated carbocycles. The Morgan fingerprint density at radius 3 is 2.75 bits per heavy atom. The molecule has 2 aliphatic carbocycles. The number of allylic oxidation sites excluding steroid dienone is 6. The summed E-state index contributed by atoms with van der Waals surface area (Å²) in [7, 11) is 2.09. The van der Waals surface area contributed by atoms with Gasteiger partial charge in [0.05, 0.1) is 11.0 Å². The van der Waals surface area contributed by atoms with Crippen molar-refractivity contribution in [3.05, 3.63) is 82.7 Å². The number of aromatic nitrogens is 3. The highest BCUT2D eigenvalue weighted by molar-refractivity contribution is 6.31. The van der Waals surface area contributed by atoms with Crippen LogP contribution >= 0.6 is 11.6 Å². The minimum Gasteiger partial charge on any atom is -0.353 e. The second kappa shape index (κ2) is 11.2. The summed E-state index contributed by atoms with van der Waals surface area (Å²) < 4.78 is 2.16. The van der Waals surface area contributed by atoms with Crippen LogP contribution in [-0.4, -0.2) is 20.6 Å². The third-order valence-electron chi connectivity index (χ3n) is 7.38. The number of nitrogens with zero attached hydrogens (tertiary/aromatic N) is 3. The largest absolute Gasteiger partial charge is 0.353 e. The number of halogens is 1. The molecule has 0 saturated heterocycles. The van der Waals surface area contributed by atoms with Gasteiger partial charge in [0.2, 0.25) is 5.95 Å². The van der Waals surface area contributed by atoms with Crippen LogP contribution in [-0.2, 0) is 7.05 Å². The maximum atomic E-state index is 6.09. The number of benzene rings is 1. The van der Waals surface area contributed by atoms with Gasteiger partial charge in [-0.1, -0.05) is 61.9 Å². The first-order valence-corrected chi connectivity index (χ1v) is 13.4. The SMILES string of the molecule is CCC(Nc1nc2cc(C#Cc3ccc(C4=CC=C(Cl)C=CC4)cn3)ccc2n1C)C1CCCCC1. The van der Waals surface area contributed by atoms with E-state index in [0.29, 0.717) is 6.04 Å². The summed E-state index contributed by atoms with van der Waals surface area (Å²) in [4.78, 5) is 9.49. The number of aryl methyl sites for hydroxylation is 1. The van der Waals surface area contributed by atoms with Crippen LogP contribution in [0.2, 0.25) is 0 Å². The third-order valence-corrected chi connectivity index (χ3v) is 7.63. The van der Waals surface area contributed by atoms with Crippen molar-refractivity contribution in [1.29, 1.82) is 0 Å². The Morgan fingerprint density at radius 2 is 1.97 bits per heavy atom. The van der Waals surface area contributed by atoms with Gasteiger partial charge in [0.1, 0.15) is 5.69 Å². The average molecular weight is 497 g/mol. The number of nitrogens with one attached hydrogen (secondary N) is 1. The fourth-order valence-electron chi connectivity index (χ4n) is 5.27. The van der Waals surface area contributed by atoms with Crippen LogP contribution < -0.4 is 5.32 Å². The number of anilines is 1. The van der Waals surface area contributed by atoms with Crippen LogP contribution in [0.25, 0.3) is 16.6 Å². The first kappa shape index (κ1) is 24.4. The van der Waals surface area contributed by atoms with Gasteiger partial charge in [0.25, 0.3) is 0 Å². The van der Waals surface area contributed by atoms with Gasteiger partial charge in [-0.2, -0.15) is 0 Å². The van der Waals surface area contributed by atoms with E-state index < -0.39 is 0 Å². The lowest BCUT2D eigenvalue weighted by molar-refractivity contribution is 0.312. The van der Waals surface area contributed by atoms with Crippen molar-refractivity contribution in [2.75, 3.05) is 5.32 Å². The summed E-state index contributed by atoms with van der Waals surface area (Å²) in [6, 6.07) is 10.8. The molecule has 1 unspecified atom stereocenters.